The number of halogens is 6. The predicted octanol–water partition coefficient (Wildman–Crippen LogP) is 33.1. The van der Waals surface area contributed by atoms with Crippen LogP contribution < -0.4 is 4.74 Å². The van der Waals surface area contributed by atoms with Crippen LogP contribution in [0.4, 0.5) is 4.39 Å². The zero-order chi connectivity index (χ0) is 95.6. The first-order chi connectivity index (χ1) is 65.9. The van der Waals surface area contributed by atoms with Crippen molar-refractivity contribution >= 4 is 273 Å². The lowest BCUT2D eigenvalue weighted by Crippen LogP contribution is -2.30. The average Bonchev–Trinajstić information content (AvgIpc) is 1.55. The van der Waals surface area contributed by atoms with Gasteiger partial charge in [0.25, 0.3) is 11.8 Å². The number of methoxy groups -OCH3 is 2. The van der Waals surface area contributed by atoms with Crippen LogP contribution in [0, 0.1) is 5.82 Å². The number of thiophene rings is 11. The fourth-order valence-corrected chi connectivity index (χ4v) is 26.2. The molecule has 21 rings (SSSR count). The van der Waals surface area contributed by atoms with Crippen molar-refractivity contribution in [2.75, 3.05) is 87.0 Å². The minimum Gasteiger partial charge on any atom is -0.497 e. The molecule has 0 saturated carbocycles. The number of hydrogen-bond acceptors (Lipinski definition) is 20. The van der Waals surface area contributed by atoms with Crippen LogP contribution in [0.1, 0.15) is 110 Å². The van der Waals surface area contributed by atoms with Crippen molar-refractivity contribution in [3.63, 3.8) is 0 Å². The smallest absolute Gasteiger partial charge is 0.256 e. The molecule has 0 saturated heterocycles. The van der Waals surface area contributed by atoms with Crippen molar-refractivity contribution in [1.82, 2.24) is 19.6 Å². The Bertz CT molecular complexity index is 6670. The van der Waals surface area contributed by atoms with Crippen LogP contribution in [0.25, 0.3) is 78.0 Å². The zero-order valence-corrected chi connectivity index (χ0v) is 88.1. The van der Waals surface area contributed by atoms with Gasteiger partial charge in [0.1, 0.15) is 48.7 Å². The second kappa shape index (κ2) is 47.8. The molecule has 7 aliphatic heterocycles. The molecule has 14 aromatic rings. The Labute approximate surface area is 863 Å². The molecule has 0 unspecified atom stereocenters. The Morgan fingerprint density at radius 3 is 1.02 bits per heavy atom. The maximum absolute atomic E-state index is 13.0. The lowest BCUT2D eigenvalue weighted by atomic mass is 10.0. The maximum Gasteiger partial charge on any atom is 0.256 e. The van der Waals surface area contributed by atoms with E-state index in [2.05, 4.69) is 153 Å². The quantitative estimate of drug-likeness (QED) is 0.0581. The minimum atomic E-state index is -0.227. The highest BCUT2D eigenvalue weighted by Crippen LogP contribution is 2.50. The van der Waals surface area contributed by atoms with E-state index in [1.165, 1.54) is 92.6 Å². The van der Waals surface area contributed by atoms with E-state index in [-0.39, 0.29) is 17.6 Å². The number of likely N-dealkylation sites (N-methyl/N-ethyl adjacent to an activating group) is 1. The molecule has 698 valence electrons. The first-order valence-electron chi connectivity index (χ1n) is 43.4. The van der Waals surface area contributed by atoms with E-state index in [0.29, 0.717) is 57.9 Å². The number of unbranched alkanes of at least 4 members (excludes halogenated alkanes) is 2. The second-order valence-corrected chi connectivity index (χ2v) is 45.7. The summed E-state index contributed by atoms with van der Waals surface area (Å²) in [5.41, 5.74) is 21.3. The Balaban J connectivity index is 0.000000121. The number of nitrogens with zero attached hydrogens (tertiary/aromatic N) is 4. The van der Waals surface area contributed by atoms with E-state index < -0.39 is 0 Å². The Kier molecular flexibility index (Phi) is 35.4. The molecule has 136 heavy (non-hydrogen) atoms. The van der Waals surface area contributed by atoms with Gasteiger partial charge in [0.2, 0.25) is 0 Å². The molecule has 18 heterocycles. The molecular weight excluding hydrogens is 2010 g/mol. The van der Waals surface area contributed by atoms with Crippen molar-refractivity contribution in [1.29, 1.82) is 0 Å². The highest BCUT2D eigenvalue weighted by molar-refractivity contribution is 7.19. The van der Waals surface area contributed by atoms with Crippen molar-refractivity contribution in [3.05, 3.63) is 404 Å². The molecule has 7 aliphatic rings. The number of benzene rings is 3. The Hall–Kier alpha value is -9.68. The lowest BCUT2D eigenvalue weighted by Gasteiger charge is -2.25. The highest BCUT2D eigenvalue weighted by Gasteiger charge is 2.37. The summed E-state index contributed by atoms with van der Waals surface area (Å²) in [5, 5.41) is 15.1. The number of hydrogen-bond donors (Lipinski definition) is 0. The van der Waals surface area contributed by atoms with Gasteiger partial charge in [-0.25, -0.2) is 4.39 Å². The van der Waals surface area contributed by atoms with Crippen LogP contribution in [0.3, 0.4) is 0 Å². The van der Waals surface area contributed by atoms with Gasteiger partial charge in [-0.1, -0.05) is 190 Å². The van der Waals surface area contributed by atoms with Gasteiger partial charge in [0.05, 0.1) is 42.2 Å². The summed E-state index contributed by atoms with van der Waals surface area (Å²) >= 11 is 48.4. The van der Waals surface area contributed by atoms with Crippen molar-refractivity contribution in [3.8, 4) is 5.75 Å². The van der Waals surface area contributed by atoms with Gasteiger partial charge in [-0.15, -0.1) is 125 Å². The average molecular weight is 2110 g/mol. The fourth-order valence-electron chi connectivity index (χ4n) is 16.1. The molecule has 0 spiro atoms. The standard InChI is InChI=1S/C17H18ClNOS2.C16H16ClNS2.C16H14O2S.C15H14ClNO2S2.C15H11ClOS.C15H11FOS.C14H12ClNS2/c1-2-3-4-9-19-11-12(13-7-8-15(18)22-13)16(17(19)20)14-6-5-10-21-14;1-10(2)18-9-12(13-6-7-15(17)20-13)16(11(18)3)14-5-4-8-19-14;1-11-16(15-4-3-9-19-15)14(10-18-11)12-5-7-13(17-2)8-6-12;1-19-7-6-17-9-10(11-4-5-13(16)21-11)14(15(17)18)12-3-2-8-20-12;2*1-10-15(14-3-2-8-18-14)13(9-17-10)11-4-6-12(16)7-5-11;1-9-14(12-4-3-7-17-12)10(8-16(9)2)11-5-6-13(15)18-11/h5-8,10H,2-4,9,11H2,1H3;4-8,10H,3,9H2,1-2H3;3-9H,1,10H2,2H3;2-5,8H,6-7,9H2,1H3;2*2-8H,1,9H2;3-7H,1,8H2,2H3. The third kappa shape index (κ3) is 24.2. The normalized spacial score (nSPS) is 15.3. The van der Waals surface area contributed by atoms with E-state index in [1.54, 1.807) is 140 Å². The summed E-state index contributed by atoms with van der Waals surface area (Å²) in [6, 6.07) is 67.6. The van der Waals surface area contributed by atoms with Crippen molar-refractivity contribution < 1.29 is 37.7 Å². The topological polar surface area (TPSA) is 93.2 Å². The summed E-state index contributed by atoms with van der Waals surface area (Å²) in [7, 11) is 5.40. The van der Waals surface area contributed by atoms with Crippen LogP contribution in [0.5, 0.6) is 5.75 Å². The van der Waals surface area contributed by atoms with Crippen molar-refractivity contribution in [2.45, 2.75) is 46.1 Å². The third-order valence-corrected chi connectivity index (χ3v) is 34.5. The van der Waals surface area contributed by atoms with E-state index in [9.17, 15) is 14.0 Å². The monoisotopic (exact) mass is 2110 g/mol. The number of rotatable bonds is 23. The number of ether oxygens (including phenoxy) is 5. The molecule has 28 heteroatoms. The Morgan fingerprint density at radius 1 is 0.375 bits per heavy atom. The summed E-state index contributed by atoms with van der Waals surface area (Å²) in [6.07, 6.45) is 3.40. The summed E-state index contributed by atoms with van der Waals surface area (Å²) in [6.45, 7) is 33.8. The van der Waals surface area contributed by atoms with Crippen molar-refractivity contribution in [2.24, 2.45) is 0 Å². The number of amides is 2. The van der Waals surface area contributed by atoms with Crippen LogP contribution in [-0.4, -0.2) is 124 Å². The highest BCUT2D eigenvalue weighted by atomic mass is 35.5. The van der Waals surface area contributed by atoms with Crippen LogP contribution >= 0.6 is 183 Å². The van der Waals surface area contributed by atoms with Gasteiger partial charge in [-0.2, -0.15) is 0 Å². The SMILES string of the molecule is C=C1C(c2cccs2)=C(c2ccc(Cl)s2)CN1C.C=C1C(c2cccs2)=C(c2ccc(Cl)s2)CN1C(C)C.C=C1OCC(c2ccc(Cl)cc2)=C1c1cccs1.C=C1OCC(c2ccc(F)cc2)=C1c1cccs1.C=C1OCC(c2ccc(OC)cc2)=C1c1cccs1.CCCCCN1CC(c2ccc(Cl)s2)=C(c2cccs2)C1=O.COCCN1CC(c2ccc(Cl)s2)=C(c2cccs2)C1=O. The molecule has 0 fully saturated rings. The lowest BCUT2D eigenvalue weighted by molar-refractivity contribution is -0.124. The van der Waals surface area contributed by atoms with Gasteiger partial charge in [0.15, 0.2) is 0 Å². The summed E-state index contributed by atoms with van der Waals surface area (Å²) < 4.78 is 43.2. The van der Waals surface area contributed by atoms with E-state index >= 15 is 0 Å². The molecule has 0 aliphatic carbocycles. The molecule has 11 aromatic heterocycles. The number of carbonyl (C=O) groups is 2. The molecule has 0 N–H and O–H groups in total. The number of allylic oxidation sites excluding steroid dienone is 5. The molecule has 2 amide bonds. The Morgan fingerprint density at radius 2 is 0.699 bits per heavy atom. The van der Waals surface area contributed by atoms with Crippen LogP contribution in [-0.2, 0) is 28.5 Å². The van der Waals surface area contributed by atoms with Crippen LogP contribution in [0.15, 0.2) is 305 Å². The maximum atomic E-state index is 13.0. The van der Waals surface area contributed by atoms with Gasteiger partial charge in [-0.3, -0.25) is 9.59 Å². The predicted molar refractivity (Wildman–Crippen MR) is 589 cm³/mol. The molecule has 0 atom stereocenters. The second-order valence-electron chi connectivity index (χ2n) is 31.7. The van der Waals surface area contributed by atoms with Gasteiger partial charge in [0, 0.05) is 185 Å². The van der Waals surface area contributed by atoms with E-state index in [4.69, 9.17) is 81.7 Å². The molecule has 11 nitrogen and oxygen atoms in total. The molecular formula is C108H96Cl5FN4O7S11. The first kappa shape index (κ1) is 101. The molecule has 3 aromatic carbocycles. The first-order valence-corrected chi connectivity index (χ1v) is 54.8. The van der Waals surface area contributed by atoms with Gasteiger partial charge < -0.3 is 43.3 Å². The number of carbonyl (C=O) groups excluding carboxylic acids is 2. The summed E-state index contributed by atoms with van der Waals surface area (Å²) in [4.78, 5) is 46.7. The summed E-state index contributed by atoms with van der Waals surface area (Å²) in [5.74, 6) is 3.08. The third-order valence-electron chi connectivity index (χ3n) is 22.8. The zero-order valence-electron chi connectivity index (χ0n) is 75.4. The van der Waals surface area contributed by atoms with E-state index in [1.807, 2.05) is 147 Å². The van der Waals surface area contributed by atoms with Crippen LogP contribution in [0.2, 0.25) is 22.4 Å². The fraction of sp³-hybridized carbons (Fsp3) is 0.185. The molecule has 0 bridgehead atoms. The van der Waals surface area contributed by atoms with E-state index in [0.717, 1.165) is 169 Å². The minimum absolute atomic E-state index is 0.0778. The van der Waals surface area contributed by atoms with Gasteiger partial charge >= 0.3 is 0 Å². The largest absolute Gasteiger partial charge is 0.497 e. The molecule has 0 radical (unpaired) electrons. The van der Waals surface area contributed by atoms with Gasteiger partial charge in [-0.05, 0) is 213 Å².